The lowest BCUT2D eigenvalue weighted by Gasteiger charge is -2.25. The lowest BCUT2D eigenvalue weighted by atomic mass is 9.97. The molecule has 2 aliphatic heterocycles. The molecule has 0 aliphatic carbocycles. The van der Waals surface area contributed by atoms with E-state index >= 15 is 0 Å². The fourth-order valence-corrected chi connectivity index (χ4v) is 4.48. The highest BCUT2D eigenvalue weighted by Crippen LogP contribution is 2.46. The number of para-hydroxylation sites is 1. The normalized spacial score (nSPS) is 18.8. The molecular weight excluding hydrogens is 460 g/mol. The molecule has 4 N–H and O–H groups in total. The van der Waals surface area contributed by atoms with Crippen molar-refractivity contribution >= 4 is 23.0 Å². The molecule has 1 fully saturated rings. The molecule has 0 spiro atoms. The number of fused-ring (bicyclic) bond motifs is 2. The number of phenolic OH excluding ortho intramolecular Hbond substituents is 3. The van der Waals surface area contributed by atoms with Crippen LogP contribution in [0.2, 0.25) is 0 Å². The predicted octanol–water partition coefficient (Wildman–Crippen LogP) is 5.60. The van der Waals surface area contributed by atoms with E-state index in [1.807, 2.05) is 13.0 Å². The van der Waals surface area contributed by atoms with Gasteiger partial charge in [-0.25, -0.2) is 0 Å². The van der Waals surface area contributed by atoms with Crippen LogP contribution in [0.25, 0.3) is 0 Å². The standard InChI is InChI=1S/C28H36N2O6/c1-17(11-14-35-27(2,3)12-9-23-28(4,5)36-23)10-13-30-20-15-18(31)16-22(33)25(20)29-24-19(26(30)34)7-6-8-21(24)32/h6-8,10,15-16,23,29,31-33H,9,11-14H2,1-5H3/b17-10+. The van der Waals surface area contributed by atoms with E-state index in [2.05, 4.69) is 33.0 Å². The number of ether oxygens (including phenoxy) is 2. The number of aromatic hydroxyl groups is 3. The molecule has 1 unspecified atom stereocenters. The van der Waals surface area contributed by atoms with Crippen LogP contribution in [-0.4, -0.2) is 51.7 Å². The van der Waals surface area contributed by atoms with Crippen LogP contribution in [0.3, 0.4) is 0 Å². The van der Waals surface area contributed by atoms with E-state index in [1.165, 1.54) is 23.1 Å². The van der Waals surface area contributed by atoms with Crippen molar-refractivity contribution in [3.63, 3.8) is 0 Å². The van der Waals surface area contributed by atoms with Gasteiger partial charge in [0.15, 0.2) is 0 Å². The number of hydrogen-bond donors (Lipinski definition) is 4. The van der Waals surface area contributed by atoms with Crippen LogP contribution in [0, 0.1) is 0 Å². The van der Waals surface area contributed by atoms with Gasteiger partial charge in [-0.3, -0.25) is 4.79 Å². The maximum atomic E-state index is 13.5. The van der Waals surface area contributed by atoms with Crippen molar-refractivity contribution in [3.05, 3.63) is 47.5 Å². The van der Waals surface area contributed by atoms with Crippen molar-refractivity contribution < 1.29 is 29.6 Å². The summed E-state index contributed by atoms with van der Waals surface area (Å²) in [5.74, 6) is -0.860. The molecule has 0 bridgehead atoms. The molecule has 2 aromatic carbocycles. The van der Waals surface area contributed by atoms with E-state index in [9.17, 15) is 20.1 Å². The quantitative estimate of drug-likeness (QED) is 0.155. The Morgan fingerprint density at radius 1 is 1.19 bits per heavy atom. The van der Waals surface area contributed by atoms with Crippen molar-refractivity contribution in [2.24, 2.45) is 0 Å². The molecular formula is C28H36N2O6. The van der Waals surface area contributed by atoms with Crippen molar-refractivity contribution in [1.82, 2.24) is 0 Å². The number of carbonyl (C=O) groups excluding carboxylic acids is 1. The van der Waals surface area contributed by atoms with Crippen LogP contribution in [0.15, 0.2) is 42.0 Å². The van der Waals surface area contributed by atoms with Gasteiger partial charge in [-0.05, 0) is 66.0 Å². The van der Waals surface area contributed by atoms with E-state index < -0.39 is 0 Å². The van der Waals surface area contributed by atoms with Crippen molar-refractivity contribution in [2.45, 2.75) is 71.2 Å². The third-order valence-corrected chi connectivity index (χ3v) is 6.92. The number of hydrogen-bond acceptors (Lipinski definition) is 7. The van der Waals surface area contributed by atoms with Crippen LogP contribution >= 0.6 is 0 Å². The van der Waals surface area contributed by atoms with Gasteiger partial charge in [-0.2, -0.15) is 0 Å². The minimum absolute atomic E-state index is 0.0127. The Labute approximate surface area is 212 Å². The second kappa shape index (κ2) is 9.67. The van der Waals surface area contributed by atoms with Crippen molar-refractivity contribution in [3.8, 4) is 17.2 Å². The third kappa shape index (κ3) is 5.60. The Morgan fingerprint density at radius 2 is 1.92 bits per heavy atom. The molecule has 4 rings (SSSR count). The monoisotopic (exact) mass is 496 g/mol. The average molecular weight is 497 g/mol. The van der Waals surface area contributed by atoms with Gasteiger partial charge in [0.25, 0.3) is 5.91 Å². The Hall–Kier alpha value is -3.23. The van der Waals surface area contributed by atoms with E-state index in [0.29, 0.717) is 24.8 Å². The zero-order chi connectivity index (χ0) is 26.3. The molecule has 8 heteroatoms. The van der Waals surface area contributed by atoms with Crippen molar-refractivity contribution in [1.29, 1.82) is 0 Å². The van der Waals surface area contributed by atoms with E-state index in [0.717, 1.165) is 18.4 Å². The summed E-state index contributed by atoms with van der Waals surface area (Å²) in [5.41, 5.74) is 1.81. The van der Waals surface area contributed by atoms with Crippen LogP contribution in [0.5, 0.6) is 17.2 Å². The van der Waals surface area contributed by atoms with Crippen LogP contribution < -0.4 is 10.2 Å². The number of benzene rings is 2. The third-order valence-electron chi connectivity index (χ3n) is 6.92. The lowest BCUT2D eigenvalue weighted by molar-refractivity contribution is -0.0241. The van der Waals surface area contributed by atoms with E-state index in [4.69, 9.17) is 9.47 Å². The summed E-state index contributed by atoms with van der Waals surface area (Å²) >= 11 is 0. The number of anilines is 3. The first-order chi connectivity index (χ1) is 16.9. The summed E-state index contributed by atoms with van der Waals surface area (Å²) < 4.78 is 11.8. The largest absolute Gasteiger partial charge is 0.508 e. The molecule has 36 heavy (non-hydrogen) atoms. The van der Waals surface area contributed by atoms with Gasteiger partial charge in [-0.1, -0.05) is 17.7 Å². The highest BCUT2D eigenvalue weighted by atomic mass is 16.6. The van der Waals surface area contributed by atoms with Crippen LogP contribution in [0.4, 0.5) is 17.1 Å². The van der Waals surface area contributed by atoms with Gasteiger partial charge >= 0.3 is 0 Å². The number of nitrogens with one attached hydrogen (secondary N) is 1. The molecule has 2 aliphatic rings. The molecule has 8 nitrogen and oxygen atoms in total. The topological polar surface area (TPSA) is 115 Å². The highest BCUT2D eigenvalue weighted by Gasteiger charge is 2.47. The lowest BCUT2D eigenvalue weighted by Crippen LogP contribution is -2.30. The molecule has 0 aromatic heterocycles. The molecule has 0 radical (unpaired) electrons. The minimum Gasteiger partial charge on any atom is -0.508 e. The maximum Gasteiger partial charge on any atom is 0.260 e. The number of carbonyl (C=O) groups is 1. The van der Waals surface area contributed by atoms with Crippen LogP contribution in [-0.2, 0) is 9.47 Å². The summed E-state index contributed by atoms with van der Waals surface area (Å²) in [6.45, 7) is 11.1. The Morgan fingerprint density at radius 3 is 2.61 bits per heavy atom. The summed E-state index contributed by atoms with van der Waals surface area (Å²) in [7, 11) is 0. The highest BCUT2D eigenvalue weighted by molar-refractivity contribution is 6.15. The number of amides is 1. The molecule has 1 atom stereocenters. The van der Waals surface area contributed by atoms with Gasteiger partial charge in [0, 0.05) is 18.7 Å². The SMILES string of the molecule is C/C(=C\CN1C(=O)c2cccc(O)c2Nc2c(O)cc(O)cc21)CCOC(C)(C)CCC1OC1(C)C. The van der Waals surface area contributed by atoms with Gasteiger partial charge in [0.05, 0.1) is 40.9 Å². The molecule has 1 amide bonds. The average Bonchev–Trinajstić information content (AvgIpc) is 3.44. The predicted molar refractivity (Wildman–Crippen MR) is 139 cm³/mol. The summed E-state index contributed by atoms with van der Waals surface area (Å²) in [6, 6.07) is 7.28. The Bertz CT molecular complexity index is 1190. The molecule has 194 valence electrons. The minimum atomic E-state index is -0.358. The zero-order valence-corrected chi connectivity index (χ0v) is 21.6. The van der Waals surface area contributed by atoms with E-state index in [1.54, 1.807) is 12.1 Å². The molecule has 1 saturated heterocycles. The second-order valence-corrected chi connectivity index (χ2v) is 10.8. The number of nitrogens with zero attached hydrogens (tertiary/aromatic N) is 1. The Kier molecular flexibility index (Phi) is 6.94. The van der Waals surface area contributed by atoms with Gasteiger partial charge in [0.1, 0.15) is 22.9 Å². The maximum absolute atomic E-state index is 13.5. The zero-order valence-electron chi connectivity index (χ0n) is 21.6. The van der Waals surface area contributed by atoms with Gasteiger partial charge in [0.2, 0.25) is 0 Å². The Balaban J connectivity index is 1.45. The molecule has 0 saturated carbocycles. The second-order valence-electron chi connectivity index (χ2n) is 10.8. The first-order valence-corrected chi connectivity index (χ1v) is 12.3. The van der Waals surface area contributed by atoms with Gasteiger partial charge < -0.3 is 35.0 Å². The molecule has 2 heterocycles. The molecule has 2 aromatic rings. The van der Waals surface area contributed by atoms with Crippen molar-refractivity contribution in [2.75, 3.05) is 23.4 Å². The first kappa shape index (κ1) is 25.9. The van der Waals surface area contributed by atoms with Crippen LogP contribution in [0.1, 0.15) is 64.2 Å². The van der Waals surface area contributed by atoms with E-state index in [-0.39, 0.29) is 57.8 Å². The smallest absolute Gasteiger partial charge is 0.260 e. The number of epoxide rings is 1. The fraction of sp³-hybridized carbons (Fsp3) is 0.464. The fourth-order valence-electron chi connectivity index (χ4n) is 4.48. The summed E-state index contributed by atoms with van der Waals surface area (Å²) in [6.07, 6.45) is 4.82. The first-order valence-electron chi connectivity index (χ1n) is 12.3. The summed E-state index contributed by atoms with van der Waals surface area (Å²) in [4.78, 5) is 14.9. The number of rotatable bonds is 9. The van der Waals surface area contributed by atoms with Gasteiger partial charge in [-0.15, -0.1) is 0 Å². The summed E-state index contributed by atoms with van der Waals surface area (Å²) in [5, 5.41) is 33.9. The number of phenols is 3.